The van der Waals surface area contributed by atoms with E-state index in [1.54, 1.807) is 12.4 Å². The fourth-order valence-corrected chi connectivity index (χ4v) is 3.46. The minimum Gasteiger partial charge on any atom is -0.352 e. The summed E-state index contributed by atoms with van der Waals surface area (Å²) >= 11 is 0. The molecule has 0 radical (unpaired) electrons. The largest absolute Gasteiger partial charge is 0.352 e. The number of H-pyrrole nitrogens is 1. The Morgan fingerprint density at radius 1 is 1.26 bits per heavy atom. The maximum atomic E-state index is 12.4. The highest BCUT2D eigenvalue weighted by Crippen LogP contribution is 2.27. The maximum absolute atomic E-state index is 12.4. The molecule has 0 saturated heterocycles. The summed E-state index contributed by atoms with van der Waals surface area (Å²) in [6.45, 7) is 2.56. The van der Waals surface area contributed by atoms with Crippen molar-refractivity contribution in [2.75, 3.05) is 6.54 Å². The van der Waals surface area contributed by atoms with E-state index in [0.29, 0.717) is 34.6 Å². The average molecular weight is 363 g/mol. The highest BCUT2D eigenvalue weighted by Gasteiger charge is 2.30. The smallest absolute Gasteiger partial charge is 0.253 e. The second kappa shape index (κ2) is 7.19. The molecule has 3 N–H and O–H groups in total. The molecule has 3 aromatic rings. The number of hydrogen-bond acceptors (Lipinski definition) is 4. The molecule has 0 unspecified atom stereocenters. The predicted molar refractivity (Wildman–Crippen MR) is 101 cm³/mol. The summed E-state index contributed by atoms with van der Waals surface area (Å²) in [7, 11) is 0. The van der Waals surface area contributed by atoms with Crippen molar-refractivity contribution in [3.05, 3.63) is 59.7 Å². The minimum absolute atomic E-state index is 0.0371. The molecule has 1 aliphatic carbocycles. The van der Waals surface area contributed by atoms with Crippen LogP contribution in [-0.2, 0) is 0 Å². The number of fused-ring (bicyclic) bond motifs is 1. The van der Waals surface area contributed by atoms with Crippen molar-refractivity contribution in [3.8, 4) is 0 Å². The SMILES string of the molecule is Cc1cccc(C(=O)NC2CC(CNC(=O)c3c[nH]c4ncncc34)C2)c1. The predicted octanol–water partition coefficient (Wildman–Crippen LogP) is 2.20. The van der Waals surface area contributed by atoms with Gasteiger partial charge in [0, 0.05) is 35.9 Å². The van der Waals surface area contributed by atoms with Crippen LogP contribution in [0.1, 0.15) is 39.1 Å². The zero-order valence-corrected chi connectivity index (χ0v) is 15.0. The molecule has 1 aromatic carbocycles. The first-order valence-electron chi connectivity index (χ1n) is 9.03. The Hall–Kier alpha value is -3.22. The van der Waals surface area contributed by atoms with Crippen molar-refractivity contribution in [2.24, 2.45) is 5.92 Å². The van der Waals surface area contributed by atoms with E-state index in [0.717, 1.165) is 18.4 Å². The molecule has 1 saturated carbocycles. The number of aryl methyl sites for hydroxylation is 1. The zero-order chi connectivity index (χ0) is 18.8. The number of carbonyl (C=O) groups is 2. The highest BCUT2D eigenvalue weighted by atomic mass is 16.2. The Kier molecular flexibility index (Phi) is 4.58. The number of benzene rings is 1. The van der Waals surface area contributed by atoms with Gasteiger partial charge in [-0.3, -0.25) is 9.59 Å². The Balaban J connectivity index is 1.25. The van der Waals surface area contributed by atoms with Gasteiger partial charge in [0.15, 0.2) is 0 Å². The van der Waals surface area contributed by atoms with E-state index in [-0.39, 0.29) is 17.9 Å². The lowest BCUT2D eigenvalue weighted by Crippen LogP contribution is -2.47. The molecule has 2 amide bonds. The molecule has 2 aromatic heterocycles. The molecule has 1 fully saturated rings. The fourth-order valence-electron chi connectivity index (χ4n) is 3.46. The van der Waals surface area contributed by atoms with Crippen LogP contribution in [0.4, 0.5) is 0 Å². The first-order chi connectivity index (χ1) is 13.1. The van der Waals surface area contributed by atoms with Crippen LogP contribution in [0.5, 0.6) is 0 Å². The monoisotopic (exact) mass is 363 g/mol. The number of hydrogen-bond donors (Lipinski definition) is 3. The van der Waals surface area contributed by atoms with Crippen LogP contribution in [0, 0.1) is 12.8 Å². The van der Waals surface area contributed by atoms with Gasteiger partial charge >= 0.3 is 0 Å². The van der Waals surface area contributed by atoms with Crippen molar-refractivity contribution in [1.29, 1.82) is 0 Å². The summed E-state index contributed by atoms with van der Waals surface area (Å²) in [4.78, 5) is 35.7. The van der Waals surface area contributed by atoms with Crippen LogP contribution in [0.2, 0.25) is 0 Å². The molecular weight excluding hydrogens is 342 g/mol. The summed E-state index contributed by atoms with van der Waals surface area (Å²) in [5.74, 6) is 0.200. The average Bonchev–Trinajstić information content (AvgIpc) is 3.07. The fraction of sp³-hybridized carbons (Fsp3) is 0.300. The van der Waals surface area contributed by atoms with Crippen molar-refractivity contribution in [1.82, 2.24) is 25.6 Å². The lowest BCUT2D eigenvalue weighted by molar-refractivity contribution is 0.0863. The van der Waals surface area contributed by atoms with E-state index in [4.69, 9.17) is 0 Å². The van der Waals surface area contributed by atoms with E-state index < -0.39 is 0 Å². The number of aromatic amines is 1. The zero-order valence-electron chi connectivity index (χ0n) is 15.0. The Morgan fingerprint density at radius 3 is 2.93 bits per heavy atom. The van der Waals surface area contributed by atoms with Gasteiger partial charge in [0.05, 0.1) is 5.56 Å². The standard InChI is InChI=1S/C20H21N5O2/c1-12-3-2-4-14(5-12)19(26)25-15-6-13(7-15)8-23-20(27)17-10-22-18-16(17)9-21-11-24-18/h2-5,9-11,13,15H,6-8H2,1H3,(H,23,27)(H,25,26)(H,21,22,24). The maximum Gasteiger partial charge on any atom is 0.253 e. The molecule has 0 aliphatic heterocycles. The topological polar surface area (TPSA) is 99.8 Å². The third-order valence-corrected chi connectivity index (χ3v) is 5.00. The van der Waals surface area contributed by atoms with E-state index >= 15 is 0 Å². The molecule has 0 bridgehead atoms. The lowest BCUT2D eigenvalue weighted by atomic mass is 9.80. The van der Waals surface area contributed by atoms with Gasteiger partial charge < -0.3 is 15.6 Å². The summed E-state index contributed by atoms with van der Waals surface area (Å²) < 4.78 is 0. The van der Waals surface area contributed by atoms with Crippen LogP contribution in [0.3, 0.4) is 0 Å². The number of amides is 2. The van der Waals surface area contributed by atoms with Crippen molar-refractivity contribution in [3.63, 3.8) is 0 Å². The number of aromatic nitrogens is 3. The summed E-state index contributed by atoms with van der Waals surface area (Å²) in [5, 5.41) is 6.74. The molecule has 0 atom stereocenters. The van der Waals surface area contributed by atoms with Crippen LogP contribution in [0.15, 0.2) is 43.0 Å². The number of carbonyl (C=O) groups excluding carboxylic acids is 2. The van der Waals surface area contributed by atoms with Crippen LogP contribution in [0.25, 0.3) is 11.0 Å². The quantitative estimate of drug-likeness (QED) is 0.647. The van der Waals surface area contributed by atoms with Gasteiger partial charge in [-0.2, -0.15) is 0 Å². The molecule has 4 rings (SSSR count). The highest BCUT2D eigenvalue weighted by molar-refractivity contribution is 6.05. The van der Waals surface area contributed by atoms with E-state index in [1.807, 2.05) is 31.2 Å². The van der Waals surface area contributed by atoms with Gasteiger partial charge in [0.1, 0.15) is 12.0 Å². The van der Waals surface area contributed by atoms with E-state index in [9.17, 15) is 9.59 Å². The Bertz CT molecular complexity index is 991. The molecule has 1 aliphatic rings. The van der Waals surface area contributed by atoms with Gasteiger partial charge in [-0.25, -0.2) is 9.97 Å². The molecule has 27 heavy (non-hydrogen) atoms. The number of nitrogens with zero attached hydrogens (tertiary/aromatic N) is 2. The van der Waals surface area contributed by atoms with Crippen molar-refractivity contribution in [2.45, 2.75) is 25.8 Å². The molecule has 7 heteroatoms. The van der Waals surface area contributed by atoms with Crippen LogP contribution in [-0.4, -0.2) is 39.4 Å². The third kappa shape index (κ3) is 3.67. The lowest BCUT2D eigenvalue weighted by Gasteiger charge is -2.36. The molecular formula is C20H21N5O2. The minimum atomic E-state index is -0.136. The van der Waals surface area contributed by atoms with Gasteiger partial charge in [-0.05, 0) is 37.8 Å². The van der Waals surface area contributed by atoms with E-state index in [1.165, 1.54) is 6.33 Å². The van der Waals surface area contributed by atoms with E-state index in [2.05, 4.69) is 25.6 Å². The van der Waals surface area contributed by atoms with Gasteiger partial charge in [-0.15, -0.1) is 0 Å². The molecule has 138 valence electrons. The summed E-state index contributed by atoms with van der Waals surface area (Å²) in [5.41, 5.74) is 2.96. The normalized spacial score (nSPS) is 18.7. The van der Waals surface area contributed by atoms with Gasteiger partial charge in [0.2, 0.25) is 0 Å². The Morgan fingerprint density at radius 2 is 2.11 bits per heavy atom. The first kappa shape index (κ1) is 17.2. The first-order valence-corrected chi connectivity index (χ1v) is 9.03. The Labute approximate surface area is 156 Å². The van der Waals surface area contributed by atoms with Crippen molar-refractivity contribution >= 4 is 22.8 Å². The molecule has 0 spiro atoms. The van der Waals surface area contributed by atoms with Crippen LogP contribution < -0.4 is 10.6 Å². The second-order valence-electron chi connectivity index (χ2n) is 7.07. The second-order valence-corrected chi connectivity index (χ2v) is 7.07. The van der Waals surface area contributed by atoms with Crippen LogP contribution >= 0.6 is 0 Å². The number of nitrogens with one attached hydrogen (secondary N) is 3. The molecule has 2 heterocycles. The summed E-state index contributed by atoms with van der Waals surface area (Å²) in [6.07, 6.45) is 6.47. The van der Waals surface area contributed by atoms with Gasteiger partial charge in [-0.1, -0.05) is 17.7 Å². The van der Waals surface area contributed by atoms with Gasteiger partial charge in [0.25, 0.3) is 11.8 Å². The third-order valence-electron chi connectivity index (χ3n) is 5.00. The number of rotatable bonds is 5. The van der Waals surface area contributed by atoms with Crippen molar-refractivity contribution < 1.29 is 9.59 Å². The molecule has 7 nitrogen and oxygen atoms in total. The summed E-state index contributed by atoms with van der Waals surface area (Å²) in [6, 6.07) is 7.74.